The van der Waals surface area contributed by atoms with Gasteiger partial charge in [0.05, 0.1) is 11.3 Å². The van der Waals surface area contributed by atoms with Gasteiger partial charge in [0, 0.05) is 25.0 Å². The van der Waals surface area contributed by atoms with Gasteiger partial charge in [-0.1, -0.05) is 38.8 Å². The van der Waals surface area contributed by atoms with Crippen LogP contribution in [0.4, 0.5) is 0 Å². The second-order valence-electron chi connectivity index (χ2n) is 7.59. The number of esters is 1. The van der Waals surface area contributed by atoms with Gasteiger partial charge in [-0.2, -0.15) is 0 Å². The Balaban J connectivity index is 1.89. The molecule has 28 heavy (non-hydrogen) atoms. The Labute approximate surface area is 171 Å². The number of benzene rings is 1. The van der Waals surface area contributed by atoms with E-state index in [2.05, 4.69) is 19.2 Å². The highest BCUT2D eigenvalue weighted by Crippen LogP contribution is 2.29. The van der Waals surface area contributed by atoms with E-state index < -0.39 is 5.97 Å². The molecule has 1 N–H and O–H groups in total. The first kappa shape index (κ1) is 22.3. The number of hydrogen-bond acceptors (Lipinski definition) is 5. The quantitative estimate of drug-likeness (QED) is 0.557. The lowest BCUT2D eigenvalue weighted by Gasteiger charge is -2.34. The lowest BCUT2D eigenvalue weighted by Crippen LogP contribution is -2.45. The molecule has 0 heterocycles. The third-order valence-electron chi connectivity index (χ3n) is 5.34. The molecule has 154 valence electrons. The molecule has 1 aromatic carbocycles. The number of thioether (sulfide) groups is 1. The third-order valence-corrected chi connectivity index (χ3v) is 6.40. The van der Waals surface area contributed by atoms with E-state index in [4.69, 9.17) is 4.74 Å². The fourth-order valence-corrected chi connectivity index (χ4v) is 4.29. The van der Waals surface area contributed by atoms with Crippen LogP contribution in [0, 0.1) is 11.8 Å². The summed E-state index contributed by atoms with van der Waals surface area (Å²) >= 11 is 1.28. The summed E-state index contributed by atoms with van der Waals surface area (Å²) in [5.41, 5.74) is 0.367. The molecule has 0 spiro atoms. The van der Waals surface area contributed by atoms with Crippen LogP contribution in [0.2, 0.25) is 0 Å². The Morgan fingerprint density at radius 2 is 1.89 bits per heavy atom. The number of rotatable bonds is 7. The number of nitrogens with one attached hydrogen (secondary N) is 1. The predicted octanol–water partition coefficient (Wildman–Crippen LogP) is 2.96. The van der Waals surface area contributed by atoms with Crippen LogP contribution in [0.25, 0.3) is 0 Å². The average molecular weight is 407 g/mol. The van der Waals surface area contributed by atoms with Gasteiger partial charge in [0.1, 0.15) is 0 Å². The lowest BCUT2D eigenvalue weighted by atomic mass is 9.78. The van der Waals surface area contributed by atoms with Crippen molar-refractivity contribution in [1.29, 1.82) is 0 Å². The Morgan fingerprint density at radius 3 is 2.61 bits per heavy atom. The van der Waals surface area contributed by atoms with E-state index in [1.807, 2.05) is 0 Å². The summed E-state index contributed by atoms with van der Waals surface area (Å²) < 4.78 is 5.23. The number of amides is 2. The summed E-state index contributed by atoms with van der Waals surface area (Å²) in [5.74, 6) is 0.363. The normalized spacial score (nSPS) is 21.6. The molecular formula is C21H30N2O4S. The SMILES string of the molecule is C[C@@H]1[C@@H](C)CCC[C@H]1NC(=O)COC(=O)c1ccccc1SCC(=O)N(C)C. The number of nitrogens with zero attached hydrogens (tertiary/aromatic N) is 1. The maximum absolute atomic E-state index is 12.4. The molecule has 2 rings (SSSR count). The highest BCUT2D eigenvalue weighted by molar-refractivity contribution is 8.00. The van der Waals surface area contributed by atoms with Crippen molar-refractivity contribution in [1.82, 2.24) is 10.2 Å². The van der Waals surface area contributed by atoms with Crippen LogP contribution in [-0.4, -0.2) is 55.2 Å². The summed E-state index contributed by atoms with van der Waals surface area (Å²) in [6, 6.07) is 7.09. The third kappa shape index (κ3) is 6.26. The molecular weight excluding hydrogens is 376 g/mol. The van der Waals surface area contributed by atoms with Crippen molar-refractivity contribution < 1.29 is 19.1 Å². The second kappa shape index (κ2) is 10.5. The van der Waals surface area contributed by atoms with Crippen molar-refractivity contribution in [3.05, 3.63) is 29.8 Å². The van der Waals surface area contributed by atoms with Gasteiger partial charge in [-0.25, -0.2) is 4.79 Å². The summed E-state index contributed by atoms with van der Waals surface area (Å²) in [6.07, 6.45) is 3.25. The Hall–Kier alpha value is -2.02. The molecule has 1 aliphatic rings. The summed E-state index contributed by atoms with van der Waals surface area (Å²) in [7, 11) is 3.38. The minimum absolute atomic E-state index is 0.0385. The fourth-order valence-electron chi connectivity index (χ4n) is 3.27. The zero-order valence-corrected chi connectivity index (χ0v) is 17.9. The van der Waals surface area contributed by atoms with E-state index in [0.717, 1.165) is 12.8 Å². The van der Waals surface area contributed by atoms with Crippen molar-refractivity contribution in [3.8, 4) is 0 Å². The Morgan fingerprint density at radius 1 is 1.18 bits per heavy atom. The molecule has 1 fully saturated rings. The zero-order chi connectivity index (χ0) is 20.7. The minimum atomic E-state index is -0.555. The molecule has 0 radical (unpaired) electrons. The van der Waals surface area contributed by atoms with Crippen LogP contribution in [0.3, 0.4) is 0 Å². The first-order valence-electron chi connectivity index (χ1n) is 9.68. The molecule has 1 aliphatic carbocycles. The van der Waals surface area contributed by atoms with Crippen LogP contribution in [-0.2, 0) is 14.3 Å². The summed E-state index contributed by atoms with van der Waals surface area (Å²) in [6.45, 7) is 4.06. The van der Waals surface area contributed by atoms with Gasteiger partial charge >= 0.3 is 5.97 Å². The minimum Gasteiger partial charge on any atom is -0.452 e. The van der Waals surface area contributed by atoms with Gasteiger partial charge in [-0.15, -0.1) is 11.8 Å². The molecule has 0 saturated heterocycles. The highest BCUT2D eigenvalue weighted by atomic mass is 32.2. The van der Waals surface area contributed by atoms with Gasteiger partial charge in [-0.05, 0) is 30.4 Å². The van der Waals surface area contributed by atoms with Crippen LogP contribution < -0.4 is 5.32 Å². The molecule has 7 heteroatoms. The van der Waals surface area contributed by atoms with E-state index in [1.54, 1.807) is 38.4 Å². The zero-order valence-electron chi connectivity index (χ0n) is 17.1. The van der Waals surface area contributed by atoms with E-state index in [-0.39, 0.29) is 30.2 Å². The van der Waals surface area contributed by atoms with Crippen LogP contribution in [0.1, 0.15) is 43.5 Å². The molecule has 0 aliphatic heterocycles. The first-order chi connectivity index (χ1) is 13.3. The van der Waals surface area contributed by atoms with Crippen LogP contribution in [0.5, 0.6) is 0 Å². The van der Waals surface area contributed by atoms with Crippen LogP contribution in [0.15, 0.2) is 29.2 Å². The molecule has 1 saturated carbocycles. The summed E-state index contributed by atoms with van der Waals surface area (Å²) in [5, 5.41) is 3.00. The molecule has 1 aromatic rings. The molecule has 0 bridgehead atoms. The van der Waals surface area contributed by atoms with Gasteiger partial charge in [0.25, 0.3) is 5.91 Å². The first-order valence-corrected chi connectivity index (χ1v) is 10.7. The number of hydrogen-bond donors (Lipinski definition) is 1. The molecule has 2 amide bonds. The van der Waals surface area contributed by atoms with E-state index in [9.17, 15) is 14.4 Å². The van der Waals surface area contributed by atoms with Gasteiger partial charge in [0.15, 0.2) is 6.61 Å². The Kier molecular flexibility index (Phi) is 8.35. The van der Waals surface area contributed by atoms with Crippen molar-refractivity contribution in [2.45, 2.75) is 44.0 Å². The van der Waals surface area contributed by atoms with E-state index in [0.29, 0.717) is 22.3 Å². The predicted molar refractivity (Wildman–Crippen MR) is 110 cm³/mol. The van der Waals surface area contributed by atoms with Crippen molar-refractivity contribution in [2.24, 2.45) is 11.8 Å². The number of ether oxygens (including phenoxy) is 1. The maximum atomic E-state index is 12.4. The van der Waals surface area contributed by atoms with Gasteiger partial charge in [0.2, 0.25) is 5.91 Å². The monoisotopic (exact) mass is 406 g/mol. The number of carbonyl (C=O) groups excluding carboxylic acids is 3. The number of carbonyl (C=O) groups is 3. The van der Waals surface area contributed by atoms with E-state index in [1.165, 1.54) is 23.1 Å². The van der Waals surface area contributed by atoms with Crippen molar-refractivity contribution in [3.63, 3.8) is 0 Å². The summed E-state index contributed by atoms with van der Waals surface area (Å²) in [4.78, 5) is 38.6. The maximum Gasteiger partial charge on any atom is 0.339 e. The molecule has 6 nitrogen and oxygen atoms in total. The smallest absolute Gasteiger partial charge is 0.339 e. The van der Waals surface area contributed by atoms with Crippen molar-refractivity contribution >= 4 is 29.5 Å². The van der Waals surface area contributed by atoms with Crippen molar-refractivity contribution in [2.75, 3.05) is 26.5 Å². The van der Waals surface area contributed by atoms with Gasteiger partial charge < -0.3 is 15.0 Å². The molecule has 0 unspecified atom stereocenters. The lowest BCUT2D eigenvalue weighted by molar-refractivity contribution is -0.126. The average Bonchev–Trinajstić information content (AvgIpc) is 2.68. The topological polar surface area (TPSA) is 75.7 Å². The highest BCUT2D eigenvalue weighted by Gasteiger charge is 2.28. The van der Waals surface area contributed by atoms with Crippen LogP contribution >= 0.6 is 11.8 Å². The second-order valence-corrected chi connectivity index (χ2v) is 8.61. The van der Waals surface area contributed by atoms with Gasteiger partial charge in [-0.3, -0.25) is 9.59 Å². The largest absolute Gasteiger partial charge is 0.452 e. The Bertz CT molecular complexity index is 707. The molecule has 3 atom stereocenters. The fraction of sp³-hybridized carbons (Fsp3) is 0.571. The molecule has 0 aromatic heterocycles. The van der Waals surface area contributed by atoms with E-state index >= 15 is 0 Å². The standard InChI is InChI=1S/C21H30N2O4S/c1-14-8-7-10-17(15(14)2)22-19(24)12-27-21(26)16-9-5-6-11-18(16)28-13-20(25)23(3)4/h5-6,9,11,14-15,17H,7-8,10,12-13H2,1-4H3,(H,22,24)/t14-,15+,17+/m0/s1.